The fourth-order valence-corrected chi connectivity index (χ4v) is 5.26. The van der Waals surface area contributed by atoms with Crippen molar-refractivity contribution in [2.45, 2.75) is 31.8 Å². The van der Waals surface area contributed by atoms with Gasteiger partial charge in [-0.2, -0.15) is 0 Å². The average molecular weight is 327 g/mol. The summed E-state index contributed by atoms with van der Waals surface area (Å²) >= 11 is 1.91. The quantitative estimate of drug-likeness (QED) is 0.771. The maximum absolute atomic E-state index is 11.8. The Labute approximate surface area is 138 Å². The van der Waals surface area contributed by atoms with Crippen LogP contribution in [0.5, 0.6) is 0 Å². The Hall–Kier alpha value is -0.300. The summed E-state index contributed by atoms with van der Waals surface area (Å²) in [5.41, 5.74) is 0. The number of hydrogen-bond donors (Lipinski definition) is 1. The highest BCUT2D eigenvalue weighted by atomic mass is 32.2. The number of likely N-dealkylation sites (N-methyl/N-ethyl adjacent to an activating group) is 1. The molecule has 0 aromatic rings. The lowest BCUT2D eigenvalue weighted by Gasteiger charge is -2.30. The fourth-order valence-electron chi connectivity index (χ4n) is 4.42. The highest BCUT2D eigenvalue weighted by molar-refractivity contribution is 7.96. The van der Waals surface area contributed by atoms with Crippen LogP contribution < -0.4 is 5.32 Å². The molecule has 3 heterocycles. The Bertz CT molecular complexity index is 408. The van der Waals surface area contributed by atoms with Gasteiger partial charge in [-0.3, -0.25) is 9.69 Å². The minimum Gasteiger partial charge on any atom is -0.344 e. The smallest absolute Gasteiger partial charge is 0.223 e. The standard InChI is InChI=1S/C16H30N4OS/c1-12(19-5-4-16(21)18(2)6-7-19)8-13-11-20(22-3)15-10-17-9-14(13)15/h12-15,17H,4-11H2,1-3H3/t12?,13?,14-,15-/m0/s1. The Morgan fingerprint density at radius 1 is 1.32 bits per heavy atom. The van der Waals surface area contributed by atoms with E-state index in [0.717, 1.165) is 44.1 Å². The molecule has 0 spiro atoms. The number of nitrogens with one attached hydrogen (secondary N) is 1. The maximum atomic E-state index is 11.8. The van der Waals surface area contributed by atoms with Crippen molar-refractivity contribution in [3.63, 3.8) is 0 Å². The van der Waals surface area contributed by atoms with Gasteiger partial charge in [0.2, 0.25) is 5.91 Å². The molecule has 0 aromatic heterocycles. The summed E-state index contributed by atoms with van der Waals surface area (Å²) in [5.74, 6) is 1.90. The van der Waals surface area contributed by atoms with Gasteiger partial charge in [0.25, 0.3) is 0 Å². The molecule has 3 aliphatic rings. The van der Waals surface area contributed by atoms with Crippen molar-refractivity contribution in [2.24, 2.45) is 11.8 Å². The summed E-state index contributed by atoms with van der Waals surface area (Å²) in [7, 11) is 1.93. The molecule has 6 heteroatoms. The minimum atomic E-state index is 0.296. The zero-order valence-electron chi connectivity index (χ0n) is 14.1. The van der Waals surface area contributed by atoms with Crippen molar-refractivity contribution >= 4 is 17.9 Å². The third kappa shape index (κ3) is 3.30. The highest BCUT2D eigenvalue weighted by Crippen LogP contribution is 2.38. The Morgan fingerprint density at radius 2 is 2.14 bits per heavy atom. The van der Waals surface area contributed by atoms with Gasteiger partial charge in [-0.15, -0.1) is 0 Å². The van der Waals surface area contributed by atoms with Crippen LogP contribution in [0.15, 0.2) is 0 Å². The van der Waals surface area contributed by atoms with E-state index in [2.05, 4.69) is 27.7 Å². The number of carbonyl (C=O) groups is 1. The summed E-state index contributed by atoms with van der Waals surface area (Å²) < 4.78 is 2.59. The van der Waals surface area contributed by atoms with Gasteiger partial charge in [-0.1, -0.05) is 11.9 Å². The molecule has 3 rings (SSSR count). The van der Waals surface area contributed by atoms with E-state index in [4.69, 9.17) is 0 Å². The fraction of sp³-hybridized carbons (Fsp3) is 0.938. The molecule has 1 N–H and O–H groups in total. The molecule has 1 amide bonds. The summed E-state index contributed by atoms with van der Waals surface area (Å²) in [6.45, 7) is 8.74. The number of fused-ring (bicyclic) bond motifs is 1. The Kier molecular flexibility index (Phi) is 5.32. The van der Waals surface area contributed by atoms with Crippen LogP contribution in [0.1, 0.15) is 19.8 Å². The summed E-state index contributed by atoms with van der Waals surface area (Å²) in [5, 5.41) is 3.57. The Morgan fingerprint density at radius 3 is 2.91 bits per heavy atom. The van der Waals surface area contributed by atoms with Gasteiger partial charge in [-0.05, 0) is 38.0 Å². The number of nitrogens with zero attached hydrogens (tertiary/aromatic N) is 3. The molecule has 3 aliphatic heterocycles. The van der Waals surface area contributed by atoms with Gasteiger partial charge >= 0.3 is 0 Å². The molecular weight excluding hydrogens is 296 g/mol. The molecule has 0 radical (unpaired) electrons. The molecule has 22 heavy (non-hydrogen) atoms. The zero-order chi connectivity index (χ0) is 15.7. The lowest BCUT2D eigenvalue weighted by atomic mass is 9.87. The first kappa shape index (κ1) is 16.6. The molecule has 0 saturated carbocycles. The predicted octanol–water partition coefficient (Wildman–Crippen LogP) is 0.727. The topological polar surface area (TPSA) is 38.8 Å². The van der Waals surface area contributed by atoms with Crippen LogP contribution in [-0.4, -0.2) is 84.7 Å². The molecule has 2 unspecified atom stereocenters. The van der Waals surface area contributed by atoms with Crippen LogP contribution in [0, 0.1) is 11.8 Å². The summed E-state index contributed by atoms with van der Waals surface area (Å²) in [6, 6.07) is 1.30. The van der Waals surface area contributed by atoms with Crippen LogP contribution >= 0.6 is 11.9 Å². The molecule has 4 atom stereocenters. The molecule has 3 fully saturated rings. The number of rotatable bonds is 4. The third-order valence-corrected chi connectivity index (χ3v) is 6.77. The minimum absolute atomic E-state index is 0.296. The van der Waals surface area contributed by atoms with Crippen LogP contribution in [0.25, 0.3) is 0 Å². The van der Waals surface area contributed by atoms with E-state index in [1.807, 2.05) is 23.9 Å². The van der Waals surface area contributed by atoms with Crippen LogP contribution in [0.4, 0.5) is 0 Å². The predicted molar refractivity (Wildman–Crippen MR) is 91.8 cm³/mol. The molecule has 5 nitrogen and oxygen atoms in total. The van der Waals surface area contributed by atoms with E-state index in [0.29, 0.717) is 18.4 Å². The Balaban J connectivity index is 1.57. The van der Waals surface area contributed by atoms with E-state index in [1.165, 1.54) is 19.5 Å². The first-order chi connectivity index (χ1) is 10.6. The van der Waals surface area contributed by atoms with E-state index < -0.39 is 0 Å². The van der Waals surface area contributed by atoms with E-state index in [1.54, 1.807) is 0 Å². The number of carbonyl (C=O) groups excluding carboxylic acids is 1. The van der Waals surface area contributed by atoms with Crippen molar-refractivity contribution in [1.82, 2.24) is 19.4 Å². The zero-order valence-corrected chi connectivity index (χ0v) is 14.9. The molecule has 126 valence electrons. The maximum Gasteiger partial charge on any atom is 0.223 e. The van der Waals surface area contributed by atoms with Gasteiger partial charge in [0, 0.05) is 58.3 Å². The van der Waals surface area contributed by atoms with E-state index in [-0.39, 0.29) is 0 Å². The van der Waals surface area contributed by atoms with Crippen LogP contribution in [-0.2, 0) is 4.79 Å². The average Bonchev–Trinajstić information content (AvgIpc) is 3.05. The van der Waals surface area contributed by atoms with Gasteiger partial charge in [-0.25, -0.2) is 4.31 Å². The first-order valence-corrected chi connectivity index (χ1v) is 9.77. The second-order valence-corrected chi connectivity index (χ2v) is 7.95. The SMILES string of the molecule is CSN1CC(CC(C)N2CCC(=O)N(C)CC2)[C@@H]2CNC[C@@H]21. The van der Waals surface area contributed by atoms with Gasteiger partial charge in [0.05, 0.1) is 0 Å². The van der Waals surface area contributed by atoms with Crippen LogP contribution in [0.3, 0.4) is 0 Å². The molecule has 0 bridgehead atoms. The largest absolute Gasteiger partial charge is 0.344 e. The molecule has 0 aliphatic carbocycles. The van der Waals surface area contributed by atoms with Crippen molar-refractivity contribution < 1.29 is 4.79 Å². The first-order valence-electron chi connectivity index (χ1n) is 8.59. The second kappa shape index (κ2) is 7.07. The normalized spacial score (nSPS) is 35.7. The van der Waals surface area contributed by atoms with Gasteiger partial charge in [0.15, 0.2) is 0 Å². The number of amides is 1. The van der Waals surface area contributed by atoms with Gasteiger partial charge < -0.3 is 10.2 Å². The summed E-state index contributed by atoms with van der Waals surface area (Å²) in [4.78, 5) is 16.3. The highest BCUT2D eigenvalue weighted by Gasteiger charge is 2.44. The lowest BCUT2D eigenvalue weighted by molar-refractivity contribution is -0.129. The number of hydrogen-bond acceptors (Lipinski definition) is 5. The van der Waals surface area contributed by atoms with Crippen molar-refractivity contribution in [2.75, 3.05) is 52.6 Å². The lowest BCUT2D eigenvalue weighted by Crippen LogP contribution is -2.38. The monoisotopic (exact) mass is 326 g/mol. The van der Waals surface area contributed by atoms with E-state index >= 15 is 0 Å². The van der Waals surface area contributed by atoms with Crippen molar-refractivity contribution in [3.8, 4) is 0 Å². The van der Waals surface area contributed by atoms with Crippen molar-refractivity contribution in [1.29, 1.82) is 0 Å². The van der Waals surface area contributed by atoms with Crippen molar-refractivity contribution in [3.05, 3.63) is 0 Å². The molecule has 0 aromatic carbocycles. The third-order valence-electron chi connectivity index (χ3n) is 5.88. The van der Waals surface area contributed by atoms with Gasteiger partial charge in [0.1, 0.15) is 0 Å². The molecular formula is C16H30N4OS. The van der Waals surface area contributed by atoms with E-state index in [9.17, 15) is 4.79 Å². The molecule has 3 saturated heterocycles. The second-order valence-electron chi connectivity index (χ2n) is 7.12. The van der Waals surface area contributed by atoms with Crippen LogP contribution in [0.2, 0.25) is 0 Å². The summed E-state index contributed by atoms with van der Waals surface area (Å²) in [6.07, 6.45) is 4.14.